The molecule has 1 unspecified atom stereocenters. The molecule has 0 saturated heterocycles. The first-order chi connectivity index (χ1) is 14.0. The molecule has 0 aliphatic rings. The minimum absolute atomic E-state index is 0.0665. The average Bonchev–Trinajstić information content (AvgIpc) is 2.75. The summed E-state index contributed by atoms with van der Waals surface area (Å²) in [6.45, 7) is 4.93. The Kier molecular flexibility index (Phi) is 9.22. The van der Waals surface area contributed by atoms with Crippen molar-refractivity contribution in [3.05, 3.63) is 65.7 Å². The van der Waals surface area contributed by atoms with Crippen molar-refractivity contribution in [2.24, 2.45) is 0 Å². The van der Waals surface area contributed by atoms with Crippen LogP contribution in [0.25, 0.3) is 0 Å². The monoisotopic (exact) mass is 396 g/mol. The second kappa shape index (κ2) is 11.9. The molecule has 156 valence electrons. The van der Waals surface area contributed by atoms with Gasteiger partial charge in [0.15, 0.2) is 0 Å². The van der Waals surface area contributed by atoms with Gasteiger partial charge in [-0.05, 0) is 36.6 Å². The van der Waals surface area contributed by atoms with E-state index in [1.54, 1.807) is 18.9 Å². The molecule has 0 aromatic heterocycles. The zero-order valence-corrected chi connectivity index (χ0v) is 17.7. The van der Waals surface area contributed by atoms with Crippen LogP contribution >= 0.6 is 0 Å². The first kappa shape index (κ1) is 22.5. The molecule has 0 radical (unpaired) electrons. The van der Waals surface area contributed by atoms with Crippen LogP contribution in [0, 0.1) is 0 Å². The predicted octanol–water partition coefficient (Wildman–Crippen LogP) is 3.96. The van der Waals surface area contributed by atoms with E-state index >= 15 is 0 Å². The van der Waals surface area contributed by atoms with Gasteiger partial charge in [0.1, 0.15) is 11.8 Å². The van der Waals surface area contributed by atoms with E-state index in [9.17, 15) is 9.59 Å². The van der Waals surface area contributed by atoms with E-state index in [0.717, 1.165) is 36.1 Å². The quantitative estimate of drug-likeness (QED) is 0.585. The fourth-order valence-electron chi connectivity index (χ4n) is 3.12. The Morgan fingerprint density at radius 3 is 2.31 bits per heavy atom. The Morgan fingerprint density at radius 2 is 1.69 bits per heavy atom. The number of carbonyl (C=O) groups is 2. The van der Waals surface area contributed by atoms with Crippen LogP contribution in [0.4, 0.5) is 0 Å². The topological polar surface area (TPSA) is 58.6 Å². The summed E-state index contributed by atoms with van der Waals surface area (Å²) in [4.78, 5) is 27.4. The lowest BCUT2D eigenvalue weighted by Gasteiger charge is -2.29. The van der Waals surface area contributed by atoms with Crippen LogP contribution in [0.5, 0.6) is 5.75 Å². The number of hydrogen-bond donors (Lipinski definition) is 1. The summed E-state index contributed by atoms with van der Waals surface area (Å²) in [5, 5.41) is 2.97. The van der Waals surface area contributed by atoms with Crippen molar-refractivity contribution in [1.29, 1.82) is 0 Å². The maximum absolute atomic E-state index is 13.1. The third kappa shape index (κ3) is 7.26. The summed E-state index contributed by atoms with van der Waals surface area (Å²) in [7, 11) is 1.62. The molecule has 0 saturated carbocycles. The molecule has 1 atom stereocenters. The van der Waals surface area contributed by atoms with Crippen LogP contribution in [0.2, 0.25) is 0 Å². The molecule has 0 spiro atoms. The number of methoxy groups -OCH3 is 1. The van der Waals surface area contributed by atoms with E-state index in [1.807, 2.05) is 54.6 Å². The van der Waals surface area contributed by atoms with E-state index in [2.05, 4.69) is 12.2 Å². The molecule has 0 aliphatic heterocycles. The summed E-state index contributed by atoms with van der Waals surface area (Å²) < 4.78 is 5.21. The fourth-order valence-corrected chi connectivity index (χ4v) is 3.12. The minimum atomic E-state index is -0.546. The standard InChI is InChI=1S/C24H32N2O3/c1-4-5-9-16-25-24(28)19(2)26(18-21-12-14-22(29-3)15-13-21)23(27)17-20-10-7-6-8-11-20/h6-8,10-15,19H,4-5,9,16-18H2,1-3H3,(H,25,28). The third-order valence-corrected chi connectivity index (χ3v) is 4.96. The predicted molar refractivity (Wildman–Crippen MR) is 116 cm³/mol. The Morgan fingerprint density at radius 1 is 1.00 bits per heavy atom. The highest BCUT2D eigenvalue weighted by molar-refractivity contribution is 5.88. The van der Waals surface area contributed by atoms with Crippen molar-refractivity contribution in [3.8, 4) is 5.75 Å². The van der Waals surface area contributed by atoms with Gasteiger partial charge in [-0.25, -0.2) is 0 Å². The second-order valence-corrected chi connectivity index (χ2v) is 7.21. The van der Waals surface area contributed by atoms with Gasteiger partial charge in [-0.1, -0.05) is 62.2 Å². The molecule has 0 aliphatic carbocycles. The van der Waals surface area contributed by atoms with Gasteiger partial charge in [0.05, 0.1) is 13.5 Å². The summed E-state index contributed by atoms with van der Waals surface area (Å²) in [6.07, 6.45) is 3.40. The first-order valence-corrected chi connectivity index (χ1v) is 10.3. The van der Waals surface area contributed by atoms with Gasteiger partial charge >= 0.3 is 0 Å². The van der Waals surface area contributed by atoms with E-state index in [0.29, 0.717) is 13.1 Å². The van der Waals surface area contributed by atoms with Gasteiger partial charge < -0.3 is 15.0 Å². The number of ether oxygens (including phenoxy) is 1. The minimum Gasteiger partial charge on any atom is -0.497 e. The lowest BCUT2D eigenvalue weighted by molar-refractivity contribution is -0.140. The highest BCUT2D eigenvalue weighted by Gasteiger charge is 2.26. The molecule has 2 rings (SSSR count). The van der Waals surface area contributed by atoms with Crippen LogP contribution < -0.4 is 10.1 Å². The van der Waals surface area contributed by atoms with Crippen LogP contribution in [0.15, 0.2) is 54.6 Å². The van der Waals surface area contributed by atoms with Gasteiger partial charge in [0, 0.05) is 13.1 Å². The third-order valence-electron chi connectivity index (χ3n) is 4.96. The molecule has 1 N–H and O–H groups in total. The highest BCUT2D eigenvalue weighted by atomic mass is 16.5. The maximum Gasteiger partial charge on any atom is 0.242 e. The Labute approximate surface area is 174 Å². The molecule has 5 heteroatoms. The number of unbranched alkanes of at least 4 members (excludes halogenated alkanes) is 2. The van der Waals surface area contributed by atoms with Crippen LogP contribution in [0.1, 0.15) is 44.2 Å². The lowest BCUT2D eigenvalue weighted by atomic mass is 10.1. The SMILES string of the molecule is CCCCCNC(=O)C(C)N(Cc1ccc(OC)cc1)C(=O)Cc1ccccc1. The Hall–Kier alpha value is -2.82. The Bertz CT molecular complexity index is 759. The molecule has 2 aromatic carbocycles. The average molecular weight is 397 g/mol. The van der Waals surface area contributed by atoms with Gasteiger partial charge in [0.25, 0.3) is 0 Å². The zero-order valence-electron chi connectivity index (χ0n) is 17.7. The van der Waals surface area contributed by atoms with Crippen molar-refractivity contribution in [1.82, 2.24) is 10.2 Å². The summed E-state index contributed by atoms with van der Waals surface area (Å²) in [5.74, 6) is 0.580. The summed E-state index contributed by atoms with van der Waals surface area (Å²) in [5.41, 5.74) is 1.89. The maximum atomic E-state index is 13.1. The molecule has 0 heterocycles. The molecule has 2 aromatic rings. The van der Waals surface area contributed by atoms with E-state index in [-0.39, 0.29) is 18.2 Å². The van der Waals surface area contributed by atoms with Gasteiger partial charge in [-0.2, -0.15) is 0 Å². The molecule has 0 fully saturated rings. The first-order valence-electron chi connectivity index (χ1n) is 10.3. The number of rotatable bonds is 11. The number of hydrogen-bond acceptors (Lipinski definition) is 3. The fraction of sp³-hybridized carbons (Fsp3) is 0.417. The van der Waals surface area contributed by atoms with Gasteiger partial charge in [-0.15, -0.1) is 0 Å². The van der Waals surface area contributed by atoms with E-state index in [4.69, 9.17) is 4.74 Å². The number of nitrogens with zero attached hydrogens (tertiary/aromatic N) is 1. The molecule has 0 bridgehead atoms. The van der Waals surface area contributed by atoms with E-state index in [1.165, 1.54) is 0 Å². The van der Waals surface area contributed by atoms with Crippen molar-refractivity contribution >= 4 is 11.8 Å². The normalized spacial score (nSPS) is 11.6. The summed E-state index contributed by atoms with van der Waals surface area (Å²) >= 11 is 0. The smallest absolute Gasteiger partial charge is 0.242 e. The molecular formula is C24H32N2O3. The van der Waals surface area contributed by atoms with E-state index < -0.39 is 6.04 Å². The van der Waals surface area contributed by atoms with Crippen LogP contribution in [0.3, 0.4) is 0 Å². The van der Waals surface area contributed by atoms with Crippen molar-refractivity contribution < 1.29 is 14.3 Å². The zero-order chi connectivity index (χ0) is 21.1. The number of carbonyl (C=O) groups excluding carboxylic acids is 2. The van der Waals surface area contributed by atoms with Crippen molar-refractivity contribution in [2.75, 3.05) is 13.7 Å². The van der Waals surface area contributed by atoms with Crippen LogP contribution in [-0.4, -0.2) is 36.4 Å². The number of benzene rings is 2. The largest absolute Gasteiger partial charge is 0.497 e. The number of nitrogens with one attached hydrogen (secondary N) is 1. The molecule has 29 heavy (non-hydrogen) atoms. The Balaban J connectivity index is 2.12. The van der Waals surface area contributed by atoms with Crippen LogP contribution in [-0.2, 0) is 22.6 Å². The number of amides is 2. The van der Waals surface area contributed by atoms with Crippen molar-refractivity contribution in [2.45, 2.75) is 52.1 Å². The second-order valence-electron chi connectivity index (χ2n) is 7.21. The van der Waals surface area contributed by atoms with Crippen molar-refractivity contribution in [3.63, 3.8) is 0 Å². The highest BCUT2D eigenvalue weighted by Crippen LogP contribution is 2.16. The van der Waals surface area contributed by atoms with Gasteiger partial charge in [-0.3, -0.25) is 9.59 Å². The van der Waals surface area contributed by atoms with Gasteiger partial charge in [0.2, 0.25) is 11.8 Å². The molecule has 5 nitrogen and oxygen atoms in total. The molecule has 2 amide bonds. The lowest BCUT2D eigenvalue weighted by Crippen LogP contribution is -2.48. The summed E-state index contributed by atoms with van der Waals surface area (Å²) in [6, 6.07) is 16.7. The molecular weight excluding hydrogens is 364 g/mol.